The van der Waals surface area contributed by atoms with Crippen molar-refractivity contribution in [3.63, 3.8) is 0 Å². The van der Waals surface area contributed by atoms with Crippen molar-refractivity contribution < 1.29 is 19.4 Å². The van der Waals surface area contributed by atoms with Gasteiger partial charge in [-0.05, 0) is 26.2 Å². The third-order valence-corrected chi connectivity index (χ3v) is 3.03. The summed E-state index contributed by atoms with van der Waals surface area (Å²) >= 11 is 0. The second-order valence-corrected chi connectivity index (χ2v) is 4.20. The van der Waals surface area contributed by atoms with Gasteiger partial charge >= 0.3 is 5.97 Å². The molecule has 1 saturated carbocycles. The van der Waals surface area contributed by atoms with Crippen molar-refractivity contribution in [2.24, 2.45) is 0 Å². The molecule has 1 N–H and O–H groups in total. The first-order valence-corrected chi connectivity index (χ1v) is 6.25. The van der Waals surface area contributed by atoms with E-state index in [1.807, 2.05) is 0 Å². The number of amides is 1. The van der Waals surface area contributed by atoms with Crippen LogP contribution in [0.1, 0.15) is 39.0 Å². The van der Waals surface area contributed by atoms with E-state index < -0.39 is 0 Å². The zero-order chi connectivity index (χ0) is 12.7. The van der Waals surface area contributed by atoms with E-state index in [4.69, 9.17) is 9.84 Å². The minimum atomic E-state index is -0.335. The minimum Gasteiger partial charge on any atom is -0.466 e. The molecule has 0 heterocycles. The Bertz CT molecular complexity index is 263. The lowest BCUT2D eigenvalue weighted by molar-refractivity contribution is -0.146. The van der Waals surface area contributed by atoms with Crippen LogP contribution in [0, 0.1) is 0 Å². The summed E-state index contributed by atoms with van der Waals surface area (Å²) in [5.74, 6) is -0.393. The van der Waals surface area contributed by atoms with Crippen molar-refractivity contribution in [1.82, 2.24) is 4.90 Å². The smallest absolute Gasteiger partial charge is 0.306 e. The van der Waals surface area contributed by atoms with Gasteiger partial charge in [-0.3, -0.25) is 9.59 Å². The molecule has 0 unspecified atom stereocenters. The molecule has 1 amide bonds. The first-order chi connectivity index (χ1) is 8.19. The number of rotatable bonds is 7. The largest absolute Gasteiger partial charge is 0.466 e. The Morgan fingerprint density at radius 2 is 2.06 bits per heavy atom. The molecule has 98 valence electrons. The maximum absolute atomic E-state index is 11.9. The summed E-state index contributed by atoms with van der Waals surface area (Å²) in [4.78, 5) is 24.7. The van der Waals surface area contributed by atoms with Gasteiger partial charge < -0.3 is 14.7 Å². The van der Waals surface area contributed by atoms with Gasteiger partial charge in [-0.25, -0.2) is 0 Å². The highest BCUT2D eigenvalue weighted by Gasteiger charge is 2.28. The van der Waals surface area contributed by atoms with Gasteiger partial charge in [0, 0.05) is 19.0 Å². The molecule has 0 aromatic rings. The van der Waals surface area contributed by atoms with Crippen molar-refractivity contribution in [2.75, 3.05) is 19.8 Å². The lowest BCUT2D eigenvalue weighted by atomic mass is 9.91. The SMILES string of the molecule is CCOC(=O)CCC(=O)N(CCO)C1CCC1. The fraction of sp³-hybridized carbons (Fsp3) is 0.833. The molecular formula is C12H21NO4. The van der Waals surface area contributed by atoms with E-state index in [9.17, 15) is 9.59 Å². The standard InChI is InChI=1S/C12H21NO4/c1-2-17-12(16)7-6-11(15)13(8-9-14)10-4-3-5-10/h10,14H,2-9H2,1H3. The predicted octanol–water partition coefficient (Wildman–Crippen LogP) is 0.703. The molecule has 0 atom stereocenters. The highest BCUT2D eigenvalue weighted by Crippen LogP contribution is 2.25. The normalized spacial score (nSPS) is 15.2. The minimum absolute atomic E-state index is 0.0261. The van der Waals surface area contributed by atoms with E-state index in [2.05, 4.69) is 0 Å². The number of aliphatic hydroxyl groups is 1. The highest BCUT2D eigenvalue weighted by molar-refractivity contribution is 5.81. The van der Waals surface area contributed by atoms with Crippen molar-refractivity contribution in [3.8, 4) is 0 Å². The number of nitrogens with zero attached hydrogens (tertiary/aromatic N) is 1. The van der Waals surface area contributed by atoms with Gasteiger partial charge in [0.15, 0.2) is 0 Å². The average Bonchev–Trinajstić information content (AvgIpc) is 2.23. The number of esters is 1. The summed E-state index contributed by atoms with van der Waals surface area (Å²) < 4.78 is 4.77. The summed E-state index contributed by atoms with van der Waals surface area (Å²) in [7, 11) is 0. The number of aliphatic hydroxyl groups excluding tert-OH is 1. The molecule has 0 aliphatic heterocycles. The van der Waals surface area contributed by atoms with Crippen LogP contribution in [0.25, 0.3) is 0 Å². The lowest BCUT2D eigenvalue weighted by Crippen LogP contribution is -2.45. The van der Waals surface area contributed by atoms with Crippen LogP contribution < -0.4 is 0 Å². The first kappa shape index (κ1) is 14.0. The van der Waals surface area contributed by atoms with E-state index in [1.54, 1.807) is 11.8 Å². The Kier molecular flexibility index (Phi) is 5.97. The van der Waals surface area contributed by atoms with Gasteiger partial charge in [-0.2, -0.15) is 0 Å². The average molecular weight is 243 g/mol. The Hall–Kier alpha value is -1.10. The maximum Gasteiger partial charge on any atom is 0.306 e. The molecule has 0 bridgehead atoms. The summed E-state index contributed by atoms with van der Waals surface area (Å²) in [5.41, 5.74) is 0. The Balaban J connectivity index is 2.34. The molecule has 17 heavy (non-hydrogen) atoms. The third-order valence-electron chi connectivity index (χ3n) is 3.03. The number of carbonyl (C=O) groups excluding carboxylic acids is 2. The van der Waals surface area contributed by atoms with E-state index >= 15 is 0 Å². The van der Waals surface area contributed by atoms with E-state index in [1.165, 1.54) is 0 Å². The predicted molar refractivity (Wildman–Crippen MR) is 62.3 cm³/mol. The molecule has 0 saturated heterocycles. The fourth-order valence-corrected chi connectivity index (χ4v) is 1.90. The molecule has 1 aliphatic carbocycles. The second-order valence-electron chi connectivity index (χ2n) is 4.20. The van der Waals surface area contributed by atoms with E-state index in [0.29, 0.717) is 13.2 Å². The van der Waals surface area contributed by atoms with E-state index in [-0.39, 0.29) is 37.4 Å². The first-order valence-electron chi connectivity index (χ1n) is 6.25. The summed E-state index contributed by atoms with van der Waals surface area (Å²) in [6, 6.07) is 0.261. The van der Waals surface area contributed by atoms with Gasteiger partial charge in [0.25, 0.3) is 0 Å². The lowest BCUT2D eigenvalue weighted by Gasteiger charge is -2.37. The van der Waals surface area contributed by atoms with Crippen molar-refractivity contribution in [3.05, 3.63) is 0 Å². The fourth-order valence-electron chi connectivity index (χ4n) is 1.90. The Morgan fingerprint density at radius 1 is 1.35 bits per heavy atom. The number of hydrogen-bond acceptors (Lipinski definition) is 4. The molecule has 0 radical (unpaired) electrons. The zero-order valence-electron chi connectivity index (χ0n) is 10.4. The molecular weight excluding hydrogens is 222 g/mol. The van der Waals surface area contributed by atoms with Gasteiger partial charge in [0.2, 0.25) is 5.91 Å². The molecule has 5 heteroatoms. The molecule has 0 aromatic carbocycles. The van der Waals surface area contributed by atoms with Crippen LogP contribution in [0.15, 0.2) is 0 Å². The summed E-state index contributed by atoms with van der Waals surface area (Å²) in [6.07, 6.45) is 3.45. The topological polar surface area (TPSA) is 66.8 Å². The summed E-state index contributed by atoms with van der Waals surface area (Å²) in [6.45, 7) is 2.43. The van der Waals surface area contributed by atoms with Crippen LogP contribution in [0.3, 0.4) is 0 Å². The van der Waals surface area contributed by atoms with E-state index in [0.717, 1.165) is 19.3 Å². The quantitative estimate of drug-likeness (QED) is 0.668. The Labute approximate surface area is 102 Å². The van der Waals surface area contributed by atoms with Crippen molar-refractivity contribution in [1.29, 1.82) is 0 Å². The van der Waals surface area contributed by atoms with Crippen LogP contribution in [0.5, 0.6) is 0 Å². The highest BCUT2D eigenvalue weighted by atomic mass is 16.5. The maximum atomic E-state index is 11.9. The van der Waals surface area contributed by atoms with Crippen LogP contribution >= 0.6 is 0 Å². The molecule has 0 spiro atoms. The molecule has 1 rings (SSSR count). The van der Waals surface area contributed by atoms with Crippen LogP contribution in [-0.2, 0) is 14.3 Å². The van der Waals surface area contributed by atoms with Crippen LogP contribution in [0.4, 0.5) is 0 Å². The van der Waals surface area contributed by atoms with Crippen molar-refractivity contribution >= 4 is 11.9 Å². The van der Waals surface area contributed by atoms with Gasteiger partial charge in [-0.15, -0.1) is 0 Å². The second kappa shape index (κ2) is 7.27. The number of carbonyl (C=O) groups is 2. The van der Waals surface area contributed by atoms with Gasteiger partial charge in [0.1, 0.15) is 0 Å². The summed E-state index contributed by atoms with van der Waals surface area (Å²) in [5, 5.41) is 8.93. The van der Waals surface area contributed by atoms with Crippen LogP contribution in [0.2, 0.25) is 0 Å². The molecule has 5 nitrogen and oxygen atoms in total. The number of ether oxygens (including phenoxy) is 1. The van der Waals surface area contributed by atoms with Gasteiger partial charge in [0.05, 0.1) is 19.6 Å². The van der Waals surface area contributed by atoms with Crippen molar-refractivity contribution in [2.45, 2.75) is 45.1 Å². The van der Waals surface area contributed by atoms with Gasteiger partial charge in [-0.1, -0.05) is 0 Å². The third kappa shape index (κ3) is 4.34. The van der Waals surface area contributed by atoms with Crippen LogP contribution in [-0.4, -0.2) is 47.7 Å². The molecule has 0 aromatic heterocycles. The molecule has 1 aliphatic rings. The zero-order valence-corrected chi connectivity index (χ0v) is 10.4. The Morgan fingerprint density at radius 3 is 2.53 bits per heavy atom. The number of hydrogen-bond donors (Lipinski definition) is 1. The molecule has 1 fully saturated rings. The monoisotopic (exact) mass is 243 g/mol.